The third kappa shape index (κ3) is 3.63. The van der Waals surface area contributed by atoms with Crippen LogP contribution in [0.4, 0.5) is 0 Å². The fraction of sp³-hybridized carbons (Fsp3) is 0.444. The molecule has 2 unspecified atom stereocenters. The summed E-state index contributed by atoms with van der Waals surface area (Å²) in [6.45, 7) is 2.85. The summed E-state index contributed by atoms with van der Waals surface area (Å²) in [5, 5.41) is 9.65. The van der Waals surface area contributed by atoms with E-state index in [1.807, 2.05) is 24.4 Å². The van der Waals surface area contributed by atoms with Crippen LogP contribution in [0.3, 0.4) is 0 Å². The highest BCUT2D eigenvalue weighted by Crippen LogP contribution is 2.37. The molecule has 2 atom stereocenters. The number of pyridine rings is 1. The molecule has 0 bridgehead atoms. The molecule has 0 spiro atoms. The largest absolute Gasteiger partial charge is 0.480 e. The Morgan fingerprint density at radius 3 is 2.83 bits per heavy atom. The van der Waals surface area contributed by atoms with Gasteiger partial charge in [-0.1, -0.05) is 31.0 Å². The number of hydrogen-bond donors (Lipinski definition) is 1. The van der Waals surface area contributed by atoms with E-state index in [1.54, 1.807) is 0 Å². The molecule has 1 aliphatic heterocycles. The first-order valence-corrected chi connectivity index (χ1v) is 9.48. The Balaban J connectivity index is 2.02. The molecule has 4 nitrogen and oxygen atoms in total. The third-order valence-electron chi connectivity index (χ3n) is 4.56. The maximum atomic E-state index is 11.8. The van der Waals surface area contributed by atoms with Gasteiger partial charge in [0.05, 0.1) is 16.1 Å². The molecule has 2 aromatic heterocycles. The molecule has 0 amide bonds. The fourth-order valence-corrected chi connectivity index (χ4v) is 4.48. The first-order valence-electron chi connectivity index (χ1n) is 8.28. The Morgan fingerprint density at radius 2 is 2.25 bits per heavy atom. The normalized spacial score (nSPS) is 20.0. The van der Waals surface area contributed by atoms with Crippen LogP contribution in [-0.2, 0) is 11.2 Å². The van der Waals surface area contributed by atoms with Crippen LogP contribution in [0.1, 0.15) is 48.4 Å². The number of aliphatic carboxylic acids is 1. The summed E-state index contributed by atoms with van der Waals surface area (Å²) in [6.07, 6.45) is 5.46. The lowest BCUT2D eigenvalue weighted by atomic mass is 9.97. The molecular formula is C18H21ClN2O2S. The third-order valence-corrected chi connectivity index (χ3v) is 5.84. The predicted octanol–water partition coefficient (Wildman–Crippen LogP) is 4.39. The van der Waals surface area contributed by atoms with Gasteiger partial charge in [-0.25, -0.2) is 0 Å². The van der Waals surface area contributed by atoms with Gasteiger partial charge in [0.2, 0.25) is 0 Å². The van der Waals surface area contributed by atoms with Crippen LogP contribution in [-0.4, -0.2) is 33.5 Å². The van der Waals surface area contributed by atoms with Crippen LogP contribution in [0.2, 0.25) is 4.34 Å². The Morgan fingerprint density at radius 1 is 1.42 bits per heavy atom. The second-order valence-corrected chi connectivity index (χ2v) is 7.82. The minimum atomic E-state index is -0.757. The number of nitrogens with zero attached hydrogens (tertiary/aromatic N) is 2. The SMILES string of the molecule is CCc1ccc(C(c2ccc(Cl)s2)N2CCCCC2C(=O)O)nc1. The molecule has 3 heterocycles. The Hall–Kier alpha value is -1.43. The van der Waals surface area contributed by atoms with Gasteiger partial charge in [-0.05, 0) is 43.0 Å². The summed E-state index contributed by atoms with van der Waals surface area (Å²) in [4.78, 5) is 19.5. The zero-order valence-electron chi connectivity index (χ0n) is 13.6. The molecule has 6 heteroatoms. The molecule has 1 saturated heterocycles. The number of thiophene rings is 1. The number of carboxylic acids is 1. The molecular weight excluding hydrogens is 344 g/mol. The summed E-state index contributed by atoms with van der Waals surface area (Å²) >= 11 is 7.64. The van der Waals surface area contributed by atoms with E-state index >= 15 is 0 Å². The summed E-state index contributed by atoms with van der Waals surface area (Å²) in [7, 11) is 0. The van der Waals surface area contributed by atoms with Crippen molar-refractivity contribution in [2.45, 2.75) is 44.7 Å². The average molecular weight is 365 g/mol. The molecule has 24 heavy (non-hydrogen) atoms. The smallest absolute Gasteiger partial charge is 0.320 e. The first kappa shape index (κ1) is 17.4. The van der Waals surface area contributed by atoms with Gasteiger partial charge in [0.25, 0.3) is 0 Å². The van der Waals surface area contributed by atoms with E-state index < -0.39 is 12.0 Å². The van der Waals surface area contributed by atoms with Crippen molar-refractivity contribution in [3.63, 3.8) is 0 Å². The van der Waals surface area contributed by atoms with Crippen molar-refractivity contribution >= 4 is 28.9 Å². The fourth-order valence-electron chi connectivity index (χ4n) is 3.29. The monoisotopic (exact) mass is 364 g/mol. The molecule has 1 fully saturated rings. The van der Waals surface area contributed by atoms with Crippen molar-refractivity contribution in [2.75, 3.05) is 6.54 Å². The van der Waals surface area contributed by atoms with E-state index in [0.29, 0.717) is 10.8 Å². The van der Waals surface area contributed by atoms with E-state index in [9.17, 15) is 9.90 Å². The number of aryl methyl sites for hydroxylation is 1. The van der Waals surface area contributed by atoms with Crippen molar-refractivity contribution in [1.29, 1.82) is 0 Å². The van der Waals surface area contributed by atoms with Crippen molar-refractivity contribution in [3.8, 4) is 0 Å². The number of carbonyl (C=O) groups is 1. The lowest BCUT2D eigenvalue weighted by Crippen LogP contribution is -2.46. The second-order valence-electron chi connectivity index (χ2n) is 6.08. The zero-order chi connectivity index (χ0) is 17.1. The number of aromatic nitrogens is 1. The highest BCUT2D eigenvalue weighted by atomic mass is 35.5. The van der Waals surface area contributed by atoms with Gasteiger partial charge in [0.1, 0.15) is 6.04 Å². The predicted molar refractivity (Wildman–Crippen MR) is 96.8 cm³/mol. The first-order chi connectivity index (χ1) is 11.6. The lowest BCUT2D eigenvalue weighted by Gasteiger charge is -2.38. The zero-order valence-corrected chi connectivity index (χ0v) is 15.2. The van der Waals surface area contributed by atoms with Gasteiger partial charge in [0.15, 0.2) is 0 Å². The molecule has 2 aromatic rings. The molecule has 0 aromatic carbocycles. The Bertz CT molecular complexity index is 701. The molecule has 1 aliphatic rings. The van der Waals surface area contributed by atoms with Crippen LogP contribution in [0, 0.1) is 0 Å². The molecule has 0 radical (unpaired) electrons. The van der Waals surface area contributed by atoms with Crippen molar-refractivity contribution in [2.24, 2.45) is 0 Å². The van der Waals surface area contributed by atoms with Gasteiger partial charge in [-0.15, -0.1) is 11.3 Å². The Labute approximate surface area is 151 Å². The minimum Gasteiger partial charge on any atom is -0.480 e. The van der Waals surface area contributed by atoms with E-state index in [2.05, 4.69) is 22.9 Å². The maximum absolute atomic E-state index is 11.8. The van der Waals surface area contributed by atoms with Crippen molar-refractivity contribution < 1.29 is 9.90 Å². The number of piperidine rings is 1. The van der Waals surface area contributed by atoms with Crippen LogP contribution >= 0.6 is 22.9 Å². The number of halogens is 1. The van der Waals surface area contributed by atoms with Crippen LogP contribution < -0.4 is 0 Å². The standard InChI is InChI=1S/C18H21ClN2O2S/c1-2-12-6-7-13(20-11-12)17(15-8-9-16(19)24-15)21-10-4-3-5-14(21)18(22)23/h6-9,11,14,17H,2-5,10H2,1H3,(H,22,23). The summed E-state index contributed by atoms with van der Waals surface area (Å²) in [5.41, 5.74) is 2.06. The molecule has 3 rings (SSSR count). The summed E-state index contributed by atoms with van der Waals surface area (Å²) < 4.78 is 0.712. The van der Waals surface area contributed by atoms with E-state index in [1.165, 1.54) is 16.9 Å². The van der Waals surface area contributed by atoms with Crippen molar-refractivity contribution in [3.05, 3.63) is 50.9 Å². The molecule has 0 aliphatic carbocycles. The van der Waals surface area contributed by atoms with Crippen LogP contribution in [0.5, 0.6) is 0 Å². The number of hydrogen-bond acceptors (Lipinski definition) is 4. The molecule has 1 N–H and O–H groups in total. The van der Waals surface area contributed by atoms with Crippen LogP contribution in [0.25, 0.3) is 0 Å². The average Bonchev–Trinajstić information content (AvgIpc) is 3.02. The van der Waals surface area contributed by atoms with Gasteiger partial charge < -0.3 is 5.11 Å². The summed E-state index contributed by atoms with van der Waals surface area (Å²) in [5.74, 6) is -0.757. The van der Waals surface area contributed by atoms with Gasteiger partial charge in [-0.2, -0.15) is 0 Å². The van der Waals surface area contributed by atoms with Gasteiger partial charge in [-0.3, -0.25) is 14.7 Å². The highest BCUT2D eigenvalue weighted by molar-refractivity contribution is 7.16. The quantitative estimate of drug-likeness (QED) is 0.854. The van der Waals surface area contributed by atoms with E-state index in [0.717, 1.165) is 36.4 Å². The van der Waals surface area contributed by atoms with Gasteiger partial charge >= 0.3 is 5.97 Å². The van der Waals surface area contributed by atoms with E-state index in [-0.39, 0.29) is 6.04 Å². The summed E-state index contributed by atoms with van der Waals surface area (Å²) in [6, 6.07) is 7.32. The van der Waals surface area contributed by atoms with Crippen molar-refractivity contribution in [1.82, 2.24) is 9.88 Å². The van der Waals surface area contributed by atoms with Crippen LogP contribution in [0.15, 0.2) is 30.5 Å². The van der Waals surface area contributed by atoms with Gasteiger partial charge in [0, 0.05) is 17.6 Å². The minimum absolute atomic E-state index is 0.158. The second kappa shape index (κ2) is 7.64. The number of likely N-dealkylation sites (tertiary alicyclic amines) is 1. The topological polar surface area (TPSA) is 53.4 Å². The molecule has 0 saturated carbocycles. The lowest BCUT2D eigenvalue weighted by molar-refractivity contribution is -0.145. The number of carboxylic acid groups (broad SMARTS) is 1. The number of rotatable bonds is 5. The maximum Gasteiger partial charge on any atom is 0.320 e. The highest BCUT2D eigenvalue weighted by Gasteiger charge is 2.36. The Kier molecular flexibility index (Phi) is 5.54. The van der Waals surface area contributed by atoms with E-state index in [4.69, 9.17) is 11.6 Å². The molecule has 128 valence electrons.